The van der Waals surface area contributed by atoms with Crippen LogP contribution in [0.5, 0.6) is 0 Å². The normalized spacial score (nSPS) is 17.7. The molecule has 0 bridgehead atoms. The van der Waals surface area contributed by atoms with Gasteiger partial charge in [-0.3, -0.25) is 0 Å². The molecule has 4 rings (SSSR count). The monoisotopic (exact) mass is 409 g/mol. The van der Waals surface area contributed by atoms with E-state index in [9.17, 15) is 4.79 Å². The third-order valence-corrected chi connectivity index (χ3v) is 6.93. The van der Waals surface area contributed by atoms with E-state index in [1.807, 2.05) is 11.9 Å². The van der Waals surface area contributed by atoms with Crippen molar-refractivity contribution < 1.29 is 9.53 Å². The molecule has 2 aromatic rings. The summed E-state index contributed by atoms with van der Waals surface area (Å²) in [5, 5.41) is 3.66. The van der Waals surface area contributed by atoms with Crippen molar-refractivity contribution in [3.63, 3.8) is 0 Å². The summed E-state index contributed by atoms with van der Waals surface area (Å²) in [4.78, 5) is 18.7. The van der Waals surface area contributed by atoms with E-state index in [0.29, 0.717) is 11.6 Å². The molecule has 0 aliphatic carbocycles. The van der Waals surface area contributed by atoms with E-state index in [1.165, 1.54) is 20.0 Å². The highest BCUT2D eigenvalue weighted by Crippen LogP contribution is 2.44. The standard InChI is InChI=1S/C23H27N3O2S/c1-15-13-19(23(27)28-4)22-20(26(15)3)14-21(29-22)16-5-7-17(8-6-16)24-18-9-11-25(2)12-10-18/h5-8,13-14,18,24H,1,9-12H2,2-4H3. The van der Waals surface area contributed by atoms with Gasteiger partial charge in [0, 0.05) is 29.4 Å². The molecule has 0 saturated carbocycles. The Morgan fingerprint density at radius 2 is 1.90 bits per heavy atom. The fraction of sp³-hybridized carbons (Fsp3) is 0.348. The average molecular weight is 410 g/mol. The Kier molecular flexibility index (Phi) is 5.48. The smallest absolute Gasteiger partial charge is 0.339 e. The van der Waals surface area contributed by atoms with Gasteiger partial charge in [-0.25, -0.2) is 4.79 Å². The van der Waals surface area contributed by atoms with E-state index < -0.39 is 0 Å². The van der Waals surface area contributed by atoms with Crippen LogP contribution in [0.15, 0.2) is 48.7 Å². The number of nitrogens with zero attached hydrogens (tertiary/aromatic N) is 2. The molecule has 0 radical (unpaired) electrons. The van der Waals surface area contributed by atoms with Crippen molar-refractivity contribution in [2.45, 2.75) is 18.9 Å². The molecule has 1 fully saturated rings. The number of likely N-dealkylation sites (tertiary alicyclic amines) is 1. The first-order chi connectivity index (χ1) is 14.0. The van der Waals surface area contributed by atoms with E-state index in [-0.39, 0.29) is 5.97 Å². The number of piperidine rings is 1. The van der Waals surface area contributed by atoms with Gasteiger partial charge in [-0.2, -0.15) is 0 Å². The Morgan fingerprint density at radius 1 is 1.21 bits per heavy atom. The Balaban J connectivity index is 1.55. The van der Waals surface area contributed by atoms with Crippen LogP contribution >= 0.6 is 11.3 Å². The number of esters is 1. The fourth-order valence-electron chi connectivity index (χ4n) is 3.83. The summed E-state index contributed by atoms with van der Waals surface area (Å²) in [6.45, 7) is 6.34. The lowest BCUT2D eigenvalue weighted by Crippen LogP contribution is -2.36. The van der Waals surface area contributed by atoms with E-state index >= 15 is 0 Å². The largest absolute Gasteiger partial charge is 0.465 e. The van der Waals surface area contributed by atoms with Crippen LogP contribution in [0.25, 0.3) is 16.0 Å². The summed E-state index contributed by atoms with van der Waals surface area (Å²) in [6, 6.07) is 11.2. The number of thiophene rings is 1. The maximum absolute atomic E-state index is 12.2. The predicted octanol–water partition coefficient (Wildman–Crippen LogP) is 4.44. The number of rotatable bonds is 4. The van der Waals surface area contributed by atoms with Crippen molar-refractivity contribution in [2.24, 2.45) is 0 Å². The number of allylic oxidation sites excluding steroid dienone is 1. The molecular weight excluding hydrogens is 382 g/mol. The maximum atomic E-state index is 12.2. The molecule has 29 heavy (non-hydrogen) atoms. The van der Waals surface area contributed by atoms with Gasteiger partial charge in [-0.1, -0.05) is 18.7 Å². The van der Waals surface area contributed by atoms with Crippen molar-refractivity contribution >= 4 is 34.3 Å². The van der Waals surface area contributed by atoms with Gasteiger partial charge >= 0.3 is 5.97 Å². The van der Waals surface area contributed by atoms with E-state index in [4.69, 9.17) is 4.74 Å². The fourth-order valence-corrected chi connectivity index (χ4v) is 5.03. The number of likely N-dealkylation sites (N-methyl/N-ethyl adjacent to an activating group) is 1. The number of methoxy groups -OCH3 is 1. The zero-order chi connectivity index (χ0) is 20.5. The second kappa shape index (κ2) is 8.05. The van der Waals surface area contributed by atoms with E-state index in [0.717, 1.165) is 45.5 Å². The number of ether oxygens (including phenoxy) is 1. The van der Waals surface area contributed by atoms with Gasteiger partial charge in [-0.15, -0.1) is 11.3 Å². The molecule has 0 amide bonds. The zero-order valence-electron chi connectivity index (χ0n) is 17.2. The molecule has 0 unspecified atom stereocenters. The summed E-state index contributed by atoms with van der Waals surface area (Å²) in [7, 11) is 5.56. The van der Waals surface area contributed by atoms with Crippen LogP contribution < -0.4 is 10.2 Å². The SMILES string of the molecule is C=C1C=C(C(=O)OC)c2sc(-c3ccc(NC4CCN(C)CC4)cc3)cc2N1C. The summed E-state index contributed by atoms with van der Waals surface area (Å²) in [5.74, 6) is -0.327. The molecule has 0 spiro atoms. The van der Waals surface area contributed by atoms with Gasteiger partial charge in [0.1, 0.15) is 0 Å². The third-order valence-electron chi connectivity index (χ3n) is 5.72. The molecule has 3 heterocycles. The molecule has 2 aliphatic heterocycles. The van der Waals surface area contributed by atoms with Gasteiger partial charge in [-0.05, 0) is 62.8 Å². The molecule has 2 aliphatic rings. The van der Waals surface area contributed by atoms with Crippen LogP contribution in [0.2, 0.25) is 0 Å². The number of fused-ring (bicyclic) bond motifs is 1. The first-order valence-corrected chi connectivity index (χ1v) is 10.7. The van der Waals surface area contributed by atoms with Gasteiger partial charge in [0.15, 0.2) is 0 Å². The summed E-state index contributed by atoms with van der Waals surface area (Å²) in [5.41, 5.74) is 4.64. The van der Waals surface area contributed by atoms with E-state index in [1.54, 1.807) is 17.4 Å². The minimum Gasteiger partial charge on any atom is -0.465 e. The van der Waals surface area contributed by atoms with Crippen molar-refractivity contribution in [3.8, 4) is 10.4 Å². The summed E-state index contributed by atoms with van der Waals surface area (Å²) in [6.07, 6.45) is 4.15. The van der Waals surface area contributed by atoms with Crippen molar-refractivity contribution in [1.82, 2.24) is 4.90 Å². The Hall–Kier alpha value is -2.57. The van der Waals surface area contributed by atoms with Crippen LogP contribution in [0.4, 0.5) is 11.4 Å². The molecular formula is C23H27N3O2S. The lowest BCUT2D eigenvalue weighted by atomic mass is 10.0. The summed E-state index contributed by atoms with van der Waals surface area (Å²) >= 11 is 1.61. The lowest BCUT2D eigenvalue weighted by Gasteiger charge is -2.30. The van der Waals surface area contributed by atoms with Crippen LogP contribution in [0, 0.1) is 0 Å². The first kappa shape index (κ1) is 19.7. The average Bonchev–Trinajstić information content (AvgIpc) is 3.18. The molecule has 152 valence electrons. The third kappa shape index (κ3) is 3.95. The van der Waals surface area contributed by atoms with Crippen LogP contribution in [-0.2, 0) is 9.53 Å². The Bertz CT molecular complexity index is 953. The quantitative estimate of drug-likeness (QED) is 0.757. The van der Waals surface area contributed by atoms with Gasteiger partial charge in [0.05, 0.1) is 23.2 Å². The first-order valence-electron chi connectivity index (χ1n) is 9.88. The topological polar surface area (TPSA) is 44.8 Å². The lowest BCUT2D eigenvalue weighted by molar-refractivity contribution is -0.133. The molecule has 1 aromatic carbocycles. The van der Waals surface area contributed by atoms with Crippen molar-refractivity contribution in [3.05, 3.63) is 53.6 Å². The number of carbonyl (C=O) groups is 1. The highest BCUT2D eigenvalue weighted by molar-refractivity contribution is 7.17. The second-order valence-corrected chi connectivity index (χ2v) is 8.78. The van der Waals surface area contributed by atoms with Crippen molar-refractivity contribution in [1.29, 1.82) is 0 Å². The number of nitrogens with one attached hydrogen (secondary N) is 1. The van der Waals surface area contributed by atoms with Crippen LogP contribution in [0.1, 0.15) is 17.7 Å². The number of carbonyl (C=O) groups excluding carboxylic acids is 1. The molecule has 1 saturated heterocycles. The van der Waals surface area contributed by atoms with E-state index in [2.05, 4.69) is 54.2 Å². The Morgan fingerprint density at radius 3 is 2.55 bits per heavy atom. The van der Waals surface area contributed by atoms with Crippen LogP contribution in [0.3, 0.4) is 0 Å². The number of anilines is 2. The van der Waals surface area contributed by atoms with Crippen molar-refractivity contribution in [2.75, 3.05) is 44.5 Å². The minimum absolute atomic E-state index is 0.327. The van der Waals surface area contributed by atoms with Crippen LogP contribution in [-0.4, -0.2) is 51.2 Å². The molecule has 1 aromatic heterocycles. The Labute approximate surface area is 176 Å². The number of hydrogen-bond donors (Lipinski definition) is 1. The van der Waals surface area contributed by atoms with Gasteiger partial charge < -0.3 is 19.9 Å². The summed E-state index contributed by atoms with van der Waals surface area (Å²) < 4.78 is 4.97. The molecule has 6 heteroatoms. The maximum Gasteiger partial charge on any atom is 0.339 e. The molecule has 5 nitrogen and oxygen atoms in total. The molecule has 1 N–H and O–H groups in total. The highest BCUT2D eigenvalue weighted by Gasteiger charge is 2.27. The number of benzene rings is 1. The molecule has 0 atom stereocenters. The highest BCUT2D eigenvalue weighted by atomic mass is 32.1. The number of hydrogen-bond acceptors (Lipinski definition) is 6. The second-order valence-electron chi connectivity index (χ2n) is 7.72. The minimum atomic E-state index is -0.327. The zero-order valence-corrected chi connectivity index (χ0v) is 18.0. The van der Waals surface area contributed by atoms with Gasteiger partial charge in [0.25, 0.3) is 0 Å². The predicted molar refractivity (Wildman–Crippen MR) is 121 cm³/mol. The van der Waals surface area contributed by atoms with Gasteiger partial charge in [0.2, 0.25) is 0 Å².